The van der Waals surface area contributed by atoms with Gasteiger partial charge in [0.2, 0.25) is 0 Å². The van der Waals surface area contributed by atoms with Crippen LogP contribution >= 0.6 is 24.0 Å². The zero-order valence-electron chi connectivity index (χ0n) is 16.5. The minimum Gasteiger partial charge on any atom is -0.490 e. The molecule has 1 aliphatic rings. The van der Waals surface area contributed by atoms with E-state index >= 15 is 0 Å². The summed E-state index contributed by atoms with van der Waals surface area (Å²) in [6.45, 7) is 7.85. The van der Waals surface area contributed by atoms with Gasteiger partial charge in [-0.05, 0) is 23.8 Å². The summed E-state index contributed by atoms with van der Waals surface area (Å²) in [4.78, 5) is 16.0. The zero-order chi connectivity index (χ0) is 19.6. The molecule has 2 aromatic carbocycles. The van der Waals surface area contributed by atoms with Gasteiger partial charge in [-0.3, -0.25) is 14.6 Å². The van der Waals surface area contributed by atoms with Crippen molar-refractivity contribution in [2.45, 2.75) is 6.54 Å². The quantitative estimate of drug-likeness (QED) is 0.416. The largest absolute Gasteiger partial charge is 0.490 e. The molecule has 0 aliphatic carbocycles. The van der Waals surface area contributed by atoms with Gasteiger partial charge < -0.3 is 9.47 Å². The second-order valence-electron chi connectivity index (χ2n) is 6.86. The van der Waals surface area contributed by atoms with Gasteiger partial charge in [-0.1, -0.05) is 41.9 Å². The first-order valence-corrected chi connectivity index (χ1v) is 10.1. The van der Waals surface area contributed by atoms with E-state index < -0.39 is 0 Å². The van der Waals surface area contributed by atoms with Crippen molar-refractivity contribution in [2.75, 3.05) is 52.5 Å². The van der Waals surface area contributed by atoms with E-state index in [-0.39, 0.29) is 12.4 Å². The van der Waals surface area contributed by atoms with Crippen molar-refractivity contribution in [3.8, 4) is 5.75 Å². The molecule has 0 unspecified atom stereocenters. The number of carbonyl (C=O) groups is 1. The molecule has 1 saturated heterocycles. The molecular weight excluding hydrogens is 411 g/mol. The van der Waals surface area contributed by atoms with Crippen molar-refractivity contribution >= 4 is 30.3 Å². The molecule has 0 bridgehead atoms. The van der Waals surface area contributed by atoms with Gasteiger partial charge in [0, 0.05) is 44.3 Å². The molecule has 0 spiro atoms. The van der Waals surface area contributed by atoms with Crippen molar-refractivity contribution in [2.24, 2.45) is 0 Å². The van der Waals surface area contributed by atoms with Crippen LogP contribution in [-0.4, -0.2) is 68.6 Å². The Kier molecular flexibility index (Phi) is 10.5. The maximum Gasteiger partial charge on any atom is 0.153 e. The van der Waals surface area contributed by atoms with Gasteiger partial charge >= 0.3 is 0 Å². The highest BCUT2D eigenvalue weighted by molar-refractivity contribution is 6.30. The first-order chi connectivity index (χ1) is 13.7. The van der Waals surface area contributed by atoms with Crippen LogP contribution in [-0.2, 0) is 11.3 Å². The Hall–Kier alpha value is -1.63. The minimum atomic E-state index is 0. The highest BCUT2D eigenvalue weighted by Gasteiger charge is 2.16. The van der Waals surface area contributed by atoms with Crippen LogP contribution in [0.25, 0.3) is 0 Å². The molecule has 1 aliphatic heterocycles. The average molecular weight is 439 g/mol. The summed E-state index contributed by atoms with van der Waals surface area (Å²) in [6.07, 6.45) is 0.750. The second-order valence-corrected chi connectivity index (χ2v) is 7.30. The fraction of sp³-hybridized carbons (Fsp3) is 0.409. The van der Waals surface area contributed by atoms with E-state index in [1.165, 1.54) is 5.56 Å². The molecule has 0 N–H and O–H groups in total. The molecule has 29 heavy (non-hydrogen) atoms. The van der Waals surface area contributed by atoms with E-state index in [1.807, 2.05) is 0 Å². The molecule has 0 radical (unpaired) electrons. The fourth-order valence-corrected chi connectivity index (χ4v) is 3.44. The van der Waals surface area contributed by atoms with Crippen LogP contribution in [0, 0.1) is 0 Å². The maximum atomic E-state index is 11.0. The Balaban J connectivity index is 0.00000300. The van der Waals surface area contributed by atoms with Crippen LogP contribution < -0.4 is 4.74 Å². The summed E-state index contributed by atoms with van der Waals surface area (Å²) in [5.74, 6) is 0.539. The number of aldehydes is 1. The number of hydrogen-bond acceptors (Lipinski definition) is 5. The van der Waals surface area contributed by atoms with Crippen molar-refractivity contribution < 1.29 is 14.3 Å². The van der Waals surface area contributed by atoms with Crippen LogP contribution in [0.15, 0.2) is 48.5 Å². The molecular formula is C22H28Cl2N2O3. The Morgan fingerprint density at radius 3 is 2.38 bits per heavy atom. The first-order valence-electron chi connectivity index (χ1n) is 9.68. The second kappa shape index (κ2) is 12.8. The molecule has 0 aromatic heterocycles. The molecule has 3 rings (SSSR count). The zero-order valence-corrected chi connectivity index (χ0v) is 18.0. The lowest BCUT2D eigenvalue weighted by Gasteiger charge is -2.34. The van der Waals surface area contributed by atoms with E-state index in [1.54, 1.807) is 18.2 Å². The minimum absolute atomic E-state index is 0. The van der Waals surface area contributed by atoms with Crippen LogP contribution in [0.4, 0.5) is 0 Å². The van der Waals surface area contributed by atoms with Gasteiger partial charge in [0.15, 0.2) is 6.29 Å². The first kappa shape index (κ1) is 23.6. The molecule has 158 valence electrons. The van der Waals surface area contributed by atoms with Crippen molar-refractivity contribution in [1.82, 2.24) is 9.80 Å². The number of rotatable bonds is 10. The number of halogens is 2. The molecule has 0 atom stereocenters. The molecule has 7 heteroatoms. The number of nitrogens with zero attached hydrogens (tertiary/aromatic N) is 2. The monoisotopic (exact) mass is 438 g/mol. The normalized spacial score (nSPS) is 14.9. The fourth-order valence-electron chi connectivity index (χ4n) is 3.26. The number of hydrogen-bond donors (Lipinski definition) is 0. The standard InChI is InChI=1S/C22H27ClN2O3.ClH/c23-21-6-7-22(20(16-21)18-26)28-15-14-27-13-12-24-8-10-25(11-9-24)17-19-4-2-1-3-5-19;/h1-7,16,18H,8-15,17H2;1H. The molecule has 2 aromatic rings. The van der Waals surface area contributed by atoms with E-state index in [0.29, 0.717) is 36.2 Å². The van der Waals surface area contributed by atoms with Gasteiger partial charge in [-0.15, -0.1) is 12.4 Å². The van der Waals surface area contributed by atoms with Crippen molar-refractivity contribution in [3.63, 3.8) is 0 Å². The molecule has 1 heterocycles. The summed E-state index contributed by atoms with van der Waals surface area (Å²) >= 11 is 5.87. The smallest absolute Gasteiger partial charge is 0.153 e. The lowest BCUT2D eigenvalue weighted by atomic mass is 10.2. The summed E-state index contributed by atoms with van der Waals surface area (Å²) in [5, 5.41) is 0.523. The topological polar surface area (TPSA) is 42.0 Å². The van der Waals surface area contributed by atoms with Crippen molar-refractivity contribution in [3.05, 3.63) is 64.7 Å². The van der Waals surface area contributed by atoms with Crippen LogP contribution in [0.3, 0.4) is 0 Å². The van der Waals surface area contributed by atoms with Gasteiger partial charge in [0.25, 0.3) is 0 Å². The third kappa shape index (κ3) is 7.96. The predicted molar refractivity (Wildman–Crippen MR) is 119 cm³/mol. The highest BCUT2D eigenvalue weighted by atomic mass is 35.5. The summed E-state index contributed by atoms with van der Waals surface area (Å²) < 4.78 is 11.3. The summed E-state index contributed by atoms with van der Waals surface area (Å²) in [7, 11) is 0. The number of ether oxygens (including phenoxy) is 2. The van der Waals surface area contributed by atoms with E-state index in [0.717, 1.165) is 45.6 Å². The average Bonchev–Trinajstić information content (AvgIpc) is 2.73. The number of carbonyl (C=O) groups excluding carboxylic acids is 1. The van der Waals surface area contributed by atoms with Crippen LogP contribution in [0.2, 0.25) is 5.02 Å². The van der Waals surface area contributed by atoms with Gasteiger partial charge in [-0.25, -0.2) is 0 Å². The Labute approximate surface area is 183 Å². The Morgan fingerprint density at radius 2 is 1.66 bits per heavy atom. The van der Waals surface area contributed by atoms with E-state index in [9.17, 15) is 4.79 Å². The van der Waals surface area contributed by atoms with Crippen molar-refractivity contribution in [1.29, 1.82) is 0 Å². The number of piperazine rings is 1. The van der Waals surface area contributed by atoms with E-state index in [2.05, 4.69) is 40.1 Å². The lowest BCUT2D eigenvalue weighted by molar-refractivity contribution is 0.0601. The summed E-state index contributed by atoms with van der Waals surface area (Å²) in [5.41, 5.74) is 1.83. The van der Waals surface area contributed by atoms with Gasteiger partial charge in [-0.2, -0.15) is 0 Å². The Morgan fingerprint density at radius 1 is 0.931 bits per heavy atom. The van der Waals surface area contributed by atoms with E-state index in [4.69, 9.17) is 21.1 Å². The van der Waals surface area contributed by atoms with Crippen LogP contribution in [0.5, 0.6) is 5.75 Å². The lowest BCUT2D eigenvalue weighted by Crippen LogP contribution is -2.46. The van der Waals surface area contributed by atoms with Gasteiger partial charge in [0.05, 0.1) is 18.8 Å². The SMILES string of the molecule is Cl.O=Cc1cc(Cl)ccc1OCCOCCN1CCN(Cc2ccccc2)CC1. The maximum absolute atomic E-state index is 11.0. The number of benzene rings is 2. The molecule has 0 amide bonds. The molecule has 1 fully saturated rings. The Bertz CT molecular complexity index is 738. The third-order valence-corrected chi connectivity index (χ3v) is 5.08. The third-order valence-electron chi connectivity index (χ3n) is 4.85. The predicted octanol–water partition coefficient (Wildman–Crippen LogP) is 3.79. The van der Waals surface area contributed by atoms with Gasteiger partial charge in [0.1, 0.15) is 12.4 Å². The highest BCUT2D eigenvalue weighted by Crippen LogP contribution is 2.21. The molecule has 0 saturated carbocycles. The van der Waals surface area contributed by atoms with Crippen LogP contribution in [0.1, 0.15) is 15.9 Å². The summed E-state index contributed by atoms with van der Waals surface area (Å²) in [6, 6.07) is 15.6. The molecule has 5 nitrogen and oxygen atoms in total.